The fraction of sp³-hybridized carbons (Fsp3) is 0.432. The number of carbonyl (C=O) groups is 3. The average Bonchev–Trinajstić information content (AvgIpc) is 3.05. The summed E-state index contributed by atoms with van der Waals surface area (Å²) >= 11 is 0. The number of nitrogens with zero attached hydrogens (tertiary/aromatic N) is 1. The van der Waals surface area contributed by atoms with Gasteiger partial charge in [-0.05, 0) is 68.6 Å². The monoisotopic (exact) mass is 741 g/mol. The molecule has 276 valence electrons. The number of hydrogen-bond acceptors (Lipinski definition) is 11. The third-order valence-electron chi connectivity index (χ3n) is 8.04. The Morgan fingerprint density at radius 1 is 0.843 bits per heavy atom. The molecule has 0 saturated heterocycles. The van der Waals surface area contributed by atoms with Gasteiger partial charge in [0, 0.05) is 24.7 Å². The predicted octanol–water partition coefficient (Wildman–Crippen LogP) is 5.65. The minimum Gasteiger partial charge on any atom is -0.466 e. The van der Waals surface area contributed by atoms with Crippen molar-refractivity contribution in [3.8, 4) is 0 Å². The predicted molar refractivity (Wildman–Crippen MR) is 194 cm³/mol. The summed E-state index contributed by atoms with van der Waals surface area (Å²) in [5, 5.41) is 12.8. The molecule has 0 aromatic heterocycles. The highest BCUT2D eigenvalue weighted by molar-refractivity contribution is 7.86. The van der Waals surface area contributed by atoms with Crippen LogP contribution in [0.4, 0.5) is 5.69 Å². The third kappa shape index (κ3) is 9.97. The molecule has 3 rings (SSSR count). The number of hydrogen-bond donors (Lipinski definition) is 0. The zero-order chi connectivity index (χ0) is 38.3. The molecule has 0 aliphatic carbocycles. The fourth-order valence-corrected chi connectivity index (χ4v) is 11.6. The van der Waals surface area contributed by atoms with Crippen molar-refractivity contribution in [3.63, 3.8) is 0 Å². The highest BCUT2D eigenvalue weighted by Crippen LogP contribution is 2.38. The van der Waals surface area contributed by atoms with Crippen LogP contribution in [0.1, 0.15) is 74.7 Å². The Labute approximate surface area is 300 Å². The Kier molecular flexibility index (Phi) is 13.2. The lowest BCUT2D eigenvalue weighted by atomic mass is 9.90. The number of ether oxygens (including phenoxy) is 2. The second kappa shape index (κ2) is 16.4. The molecule has 3 aromatic carbocycles. The molecule has 3 aromatic rings. The first-order chi connectivity index (χ1) is 23.7. The maximum atomic E-state index is 14.4. The maximum Gasteiger partial charge on any atom is 0.348 e. The molecular weight excluding hydrogens is 695 g/mol. The molecule has 0 N–H and O–H groups in total. The van der Waals surface area contributed by atoms with Crippen molar-refractivity contribution in [2.24, 2.45) is 0 Å². The number of ketones is 1. The Hall–Kier alpha value is -4.24. The lowest BCUT2D eigenvalue weighted by molar-refractivity contribution is -0.384. The number of nitro groups is 1. The summed E-state index contributed by atoms with van der Waals surface area (Å²) in [5.41, 5.74) is -4.61. The number of carbonyl (C=O) groups excluding carboxylic acids is 3. The number of benzene rings is 3. The summed E-state index contributed by atoms with van der Waals surface area (Å²) in [7, 11) is -8.07. The van der Waals surface area contributed by atoms with Gasteiger partial charge in [-0.25, -0.2) is 8.98 Å². The van der Waals surface area contributed by atoms with Crippen LogP contribution in [-0.2, 0) is 42.6 Å². The van der Waals surface area contributed by atoms with Crippen LogP contribution in [0, 0.1) is 10.1 Å². The van der Waals surface area contributed by atoms with Crippen LogP contribution in [-0.4, -0.2) is 63.3 Å². The smallest absolute Gasteiger partial charge is 0.348 e. The van der Waals surface area contributed by atoms with E-state index in [0.717, 1.165) is 34.6 Å². The van der Waals surface area contributed by atoms with Crippen LogP contribution >= 0.6 is 0 Å². The third-order valence-corrected chi connectivity index (χ3v) is 14.6. The summed E-state index contributed by atoms with van der Waals surface area (Å²) in [6, 6.07) is 23.4. The van der Waals surface area contributed by atoms with E-state index in [2.05, 4.69) is 20.8 Å². The van der Waals surface area contributed by atoms with Gasteiger partial charge in [0.1, 0.15) is 5.60 Å². The molecule has 0 saturated carbocycles. The number of esters is 2. The SMILES string of the molecule is CCOC(=O)CC(OS(=O)(=O)c1ccc([N+](=O)[O-])cc1)(C(=O)CC[C@@H](C)O[Si](c1ccccc1)(c1ccccc1)C(C)(C)C)C(=O)OC(C)(C)C. The minimum atomic E-state index is -5.00. The van der Waals surface area contributed by atoms with Gasteiger partial charge < -0.3 is 13.9 Å². The van der Waals surface area contributed by atoms with Crippen LogP contribution in [0.2, 0.25) is 5.04 Å². The summed E-state index contributed by atoms with van der Waals surface area (Å²) < 4.78 is 50.4. The summed E-state index contributed by atoms with van der Waals surface area (Å²) in [6.07, 6.45) is -2.15. The largest absolute Gasteiger partial charge is 0.466 e. The van der Waals surface area contributed by atoms with Crippen molar-refractivity contribution < 1.29 is 45.8 Å². The van der Waals surface area contributed by atoms with Gasteiger partial charge in [0.2, 0.25) is 0 Å². The van der Waals surface area contributed by atoms with E-state index in [-0.39, 0.29) is 18.1 Å². The number of non-ortho nitro benzene ring substituents is 1. The van der Waals surface area contributed by atoms with E-state index in [1.807, 2.05) is 60.7 Å². The lowest BCUT2D eigenvalue weighted by Gasteiger charge is -2.44. The number of Topliss-reactive ketones (excluding diaryl/α,β-unsaturated/α-hetero) is 1. The summed E-state index contributed by atoms with van der Waals surface area (Å²) in [6.45, 7) is 14.0. The zero-order valence-electron chi connectivity index (χ0n) is 30.3. The van der Waals surface area contributed by atoms with E-state index in [1.165, 1.54) is 27.7 Å². The minimum absolute atomic E-state index is 0.0116. The average molecular weight is 742 g/mol. The van der Waals surface area contributed by atoms with Crippen LogP contribution in [0.25, 0.3) is 0 Å². The molecule has 51 heavy (non-hydrogen) atoms. The van der Waals surface area contributed by atoms with E-state index in [4.69, 9.17) is 18.1 Å². The van der Waals surface area contributed by atoms with E-state index in [0.29, 0.717) is 0 Å². The standard InChI is InChI=1S/C37H47NO11SSi/c1-9-46-33(40)26-37(34(41)47-35(3,4)5,49-50(44,45)29-23-21-28(22-24-29)38(42)43)32(39)25-20-27(2)48-51(36(6,7)8,30-16-12-10-13-17-30)31-18-14-11-15-19-31/h10-19,21-24,27H,9,20,25-26H2,1-8H3/t27-,37?/m1/s1. The fourth-order valence-electron chi connectivity index (χ4n) is 5.73. The van der Waals surface area contributed by atoms with E-state index < -0.39 is 81.8 Å². The quantitative estimate of drug-likeness (QED) is 0.0445. The first kappa shape index (κ1) is 41.2. The second-order valence-corrected chi connectivity index (χ2v) is 20.0. The van der Waals surface area contributed by atoms with E-state index >= 15 is 0 Å². The van der Waals surface area contributed by atoms with Gasteiger partial charge >= 0.3 is 11.9 Å². The molecule has 0 bridgehead atoms. The van der Waals surface area contributed by atoms with Crippen LogP contribution in [0.5, 0.6) is 0 Å². The first-order valence-electron chi connectivity index (χ1n) is 16.6. The van der Waals surface area contributed by atoms with Gasteiger partial charge in [-0.2, -0.15) is 8.42 Å². The summed E-state index contributed by atoms with van der Waals surface area (Å²) in [4.78, 5) is 51.1. The van der Waals surface area contributed by atoms with Gasteiger partial charge in [0.05, 0.1) is 22.8 Å². The molecule has 0 aliphatic heterocycles. The molecule has 0 aliphatic rings. The maximum absolute atomic E-state index is 14.4. The molecule has 12 nitrogen and oxygen atoms in total. The molecule has 14 heteroatoms. The van der Waals surface area contributed by atoms with Gasteiger partial charge in [0.25, 0.3) is 29.7 Å². The van der Waals surface area contributed by atoms with Crippen LogP contribution in [0.15, 0.2) is 89.8 Å². The molecule has 0 amide bonds. The van der Waals surface area contributed by atoms with Crippen molar-refractivity contribution >= 4 is 52.2 Å². The molecule has 1 unspecified atom stereocenters. The molecule has 0 spiro atoms. The highest BCUT2D eigenvalue weighted by atomic mass is 32.2. The Morgan fingerprint density at radius 2 is 1.35 bits per heavy atom. The van der Waals surface area contributed by atoms with Crippen molar-refractivity contribution in [1.29, 1.82) is 0 Å². The molecule has 0 radical (unpaired) electrons. The zero-order valence-corrected chi connectivity index (χ0v) is 32.2. The van der Waals surface area contributed by atoms with Crippen molar-refractivity contribution in [1.82, 2.24) is 0 Å². The van der Waals surface area contributed by atoms with Crippen molar-refractivity contribution in [3.05, 3.63) is 95.0 Å². The second-order valence-electron chi connectivity index (χ2n) is 14.2. The molecule has 0 fully saturated rings. The molecule has 0 heterocycles. The number of rotatable bonds is 16. The van der Waals surface area contributed by atoms with E-state index in [9.17, 15) is 32.9 Å². The van der Waals surface area contributed by atoms with Gasteiger partial charge in [0.15, 0.2) is 5.78 Å². The number of nitro benzene ring substituents is 1. The molecule has 2 atom stereocenters. The van der Waals surface area contributed by atoms with Gasteiger partial charge in [-0.1, -0.05) is 81.4 Å². The van der Waals surface area contributed by atoms with Crippen LogP contribution in [0.3, 0.4) is 0 Å². The molecular formula is C37H47NO11SSi. The van der Waals surface area contributed by atoms with E-state index in [1.54, 1.807) is 6.92 Å². The Bertz CT molecular complexity index is 1750. The van der Waals surface area contributed by atoms with Gasteiger partial charge in [-0.3, -0.25) is 19.7 Å². The highest BCUT2D eigenvalue weighted by Gasteiger charge is 2.56. The summed E-state index contributed by atoms with van der Waals surface area (Å²) in [5.74, 6) is -3.53. The first-order valence-corrected chi connectivity index (χ1v) is 19.9. The van der Waals surface area contributed by atoms with Crippen LogP contribution < -0.4 is 10.4 Å². The van der Waals surface area contributed by atoms with Gasteiger partial charge in [-0.15, -0.1) is 0 Å². The normalized spacial score (nSPS) is 14.2. The van der Waals surface area contributed by atoms with Crippen molar-refractivity contribution in [2.75, 3.05) is 6.61 Å². The Morgan fingerprint density at radius 3 is 1.78 bits per heavy atom. The van der Waals surface area contributed by atoms with Crippen molar-refractivity contribution in [2.45, 2.75) is 102 Å². The topological polar surface area (TPSA) is 165 Å². The Balaban J connectivity index is 2.09. The lowest BCUT2D eigenvalue weighted by Crippen LogP contribution is -2.67.